The molecule has 2 aromatic rings. The number of anilines is 2. The average Bonchev–Trinajstić information content (AvgIpc) is 3.22. The van der Waals surface area contributed by atoms with Crippen LogP contribution in [0.4, 0.5) is 20.5 Å². The molecule has 2 aliphatic rings. The van der Waals surface area contributed by atoms with Crippen molar-refractivity contribution in [1.82, 2.24) is 14.3 Å². The van der Waals surface area contributed by atoms with E-state index in [9.17, 15) is 17.2 Å². The van der Waals surface area contributed by atoms with Gasteiger partial charge in [0.25, 0.3) is 0 Å². The van der Waals surface area contributed by atoms with Crippen LogP contribution in [-0.2, 0) is 10.0 Å². The molecule has 0 aliphatic carbocycles. The number of hydrogen-bond donors (Lipinski definition) is 0. The van der Waals surface area contributed by atoms with Crippen LogP contribution >= 0.6 is 0 Å². The second-order valence-corrected chi connectivity index (χ2v) is 8.84. The SMILES string of the molecule is O=S(=O)(c1cc(F)cc(F)c1)N1CCN(c2ccnc(N3CCCC3)n2)CC1. The predicted molar refractivity (Wildman–Crippen MR) is 101 cm³/mol. The molecule has 4 rings (SSSR count). The van der Waals surface area contributed by atoms with Gasteiger partial charge in [-0.25, -0.2) is 22.2 Å². The number of benzene rings is 1. The normalized spacial score (nSPS) is 18.6. The number of sulfonamides is 1. The van der Waals surface area contributed by atoms with Gasteiger partial charge in [-0.05, 0) is 31.0 Å². The fourth-order valence-electron chi connectivity index (χ4n) is 3.57. The maximum atomic E-state index is 13.4. The van der Waals surface area contributed by atoms with Crippen LogP contribution < -0.4 is 9.80 Å². The quantitative estimate of drug-likeness (QED) is 0.768. The summed E-state index contributed by atoms with van der Waals surface area (Å²) in [4.78, 5) is 12.7. The Morgan fingerprint density at radius 3 is 2.14 bits per heavy atom. The van der Waals surface area contributed by atoms with E-state index in [1.807, 2.05) is 11.0 Å². The maximum Gasteiger partial charge on any atom is 0.243 e. The zero-order valence-corrected chi connectivity index (χ0v) is 16.1. The highest BCUT2D eigenvalue weighted by molar-refractivity contribution is 7.89. The molecule has 3 heterocycles. The minimum atomic E-state index is -3.95. The van der Waals surface area contributed by atoms with Gasteiger partial charge in [-0.2, -0.15) is 9.29 Å². The van der Waals surface area contributed by atoms with Gasteiger partial charge >= 0.3 is 0 Å². The van der Waals surface area contributed by atoms with Crippen LogP contribution in [0.1, 0.15) is 12.8 Å². The van der Waals surface area contributed by atoms with Crippen LogP contribution in [0.2, 0.25) is 0 Å². The number of halogens is 2. The van der Waals surface area contributed by atoms with Crippen molar-refractivity contribution in [3.8, 4) is 0 Å². The largest absolute Gasteiger partial charge is 0.354 e. The van der Waals surface area contributed by atoms with Crippen molar-refractivity contribution in [3.63, 3.8) is 0 Å². The van der Waals surface area contributed by atoms with E-state index >= 15 is 0 Å². The van der Waals surface area contributed by atoms with Crippen molar-refractivity contribution < 1.29 is 17.2 Å². The van der Waals surface area contributed by atoms with Crippen LogP contribution in [0.5, 0.6) is 0 Å². The fraction of sp³-hybridized carbons (Fsp3) is 0.444. The van der Waals surface area contributed by atoms with Gasteiger partial charge < -0.3 is 9.80 Å². The summed E-state index contributed by atoms with van der Waals surface area (Å²) in [6.45, 7) is 3.19. The smallest absolute Gasteiger partial charge is 0.243 e. The lowest BCUT2D eigenvalue weighted by molar-refractivity contribution is 0.383. The molecule has 0 amide bonds. The minimum Gasteiger partial charge on any atom is -0.354 e. The standard InChI is InChI=1S/C18H21F2N5O2S/c19-14-11-15(20)13-16(12-14)28(26,27)25-9-7-23(8-10-25)17-3-4-21-18(22-17)24-5-1-2-6-24/h3-4,11-13H,1-2,5-10H2. The topological polar surface area (TPSA) is 69.6 Å². The van der Waals surface area contributed by atoms with Crippen LogP contribution in [0.3, 0.4) is 0 Å². The lowest BCUT2D eigenvalue weighted by Gasteiger charge is -2.34. The summed E-state index contributed by atoms with van der Waals surface area (Å²) in [7, 11) is -3.95. The van der Waals surface area contributed by atoms with E-state index in [1.54, 1.807) is 6.20 Å². The molecule has 10 heteroatoms. The van der Waals surface area contributed by atoms with Crippen LogP contribution in [0.25, 0.3) is 0 Å². The summed E-state index contributed by atoms with van der Waals surface area (Å²) in [5.74, 6) is -0.369. The molecule has 0 bridgehead atoms. The maximum absolute atomic E-state index is 13.4. The Morgan fingerprint density at radius 2 is 1.50 bits per heavy atom. The van der Waals surface area contributed by atoms with E-state index in [4.69, 9.17) is 0 Å². The molecular formula is C18H21F2N5O2S. The van der Waals surface area contributed by atoms with Crippen LogP contribution in [-0.4, -0.2) is 62.0 Å². The summed E-state index contributed by atoms with van der Waals surface area (Å²) in [6.07, 6.45) is 3.98. The number of aromatic nitrogens is 2. The molecule has 2 aliphatic heterocycles. The molecule has 1 aromatic heterocycles. The number of hydrogen-bond acceptors (Lipinski definition) is 6. The number of piperazine rings is 1. The Hall–Kier alpha value is -2.33. The molecule has 0 N–H and O–H groups in total. The molecule has 0 unspecified atom stereocenters. The van der Waals surface area contributed by atoms with Crippen molar-refractivity contribution in [2.24, 2.45) is 0 Å². The van der Waals surface area contributed by atoms with E-state index in [0.717, 1.165) is 43.9 Å². The third-order valence-electron chi connectivity index (χ3n) is 5.05. The van der Waals surface area contributed by atoms with Crippen LogP contribution in [0, 0.1) is 11.6 Å². The van der Waals surface area contributed by atoms with Crippen LogP contribution in [0.15, 0.2) is 35.4 Å². The molecule has 0 radical (unpaired) electrons. The molecule has 28 heavy (non-hydrogen) atoms. The van der Waals surface area contributed by atoms with Crippen molar-refractivity contribution in [1.29, 1.82) is 0 Å². The first-order valence-corrected chi connectivity index (χ1v) is 10.7. The van der Waals surface area contributed by atoms with E-state index < -0.39 is 21.7 Å². The Balaban J connectivity index is 1.46. The monoisotopic (exact) mass is 409 g/mol. The lowest BCUT2D eigenvalue weighted by Crippen LogP contribution is -2.49. The summed E-state index contributed by atoms with van der Waals surface area (Å²) >= 11 is 0. The minimum absolute atomic E-state index is 0.212. The first-order valence-electron chi connectivity index (χ1n) is 9.23. The average molecular weight is 409 g/mol. The highest BCUT2D eigenvalue weighted by Gasteiger charge is 2.30. The first-order chi connectivity index (χ1) is 13.4. The Labute approximate surface area is 162 Å². The summed E-state index contributed by atoms with van der Waals surface area (Å²) in [5, 5.41) is 0. The molecule has 150 valence electrons. The molecule has 1 aromatic carbocycles. The zero-order valence-electron chi connectivity index (χ0n) is 15.3. The van der Waals surface area contributed by atoms with Gasteiger partial charge in [-0.3, -0.25) is 0 Å². The predicted octanol–water partition coefficient (Wildman–Crippen LogP) is 1.87. The molecule has 2 saturated heterocycles. The summed E-state index contributed by atoms with van der Waals surface area (Å²) in [5.41, 5.74) is 0. The van der Waals surface area contributed by atoms with Crippen molar-refractivity contribution >= 4 is 21.8 Å². The molecule has 2 fully saturated rings. The number of rotatable bonds is 4. The van der Waals surface area contributed by atoms with Crippen molar-refractivity contribution in [2.75, 3.05) is 49.1 Å². The van der Waals surface area contributed by atoms with Crippen molar-refractivity contribution in [2.45, 2.75) is 17.7 Å². The van der Waals surface area contributed by atoms with Crippen molar-refractivity contribution in [3.05, 3.63) is 42.1 Å². The van der Waals surface area contributed by atoms with E-state index in [-0.39, 0.29) is 18.0 Å². The Kier molecular flexibility index (Phi) is 5.15. The second kappa shape index (κ2) is 7.59. The first kappa shape index (κ1) is 19.0. The molecular weight excluding hydrogens is 388 g/mol. The van der Waals surface area contributed by atoms with E-state index in [0.29, 0.717) is 25.1 Å². The highest BCUT2D eigenvalue weighted by Crippen LogP contribution is 2.23. The molecule has 0 atom stereocenters. The van der Waals surface area contributed by atoms with Gasteiger partial charge in [-0.15, -0.1) is 0 Å². The van der Waals surface area contributed by atoms with E-state index in [1.165, 1.54) is 4.31 Å². The lowest BCUT2D eigenvalue weighted by atomic mass is 10.3. The second-order valence-electron chi connectivity index (χ2n) is 6.91. The van der Waals surface area contributed by atoms with E-state index in [2.05, 4.69) is 14.9 Å². The van der Waals surface area contributed by atoms with Gasteiger partial charge in [0, 0.05) is 51.5 Å². The molecule has 0 spiro atoms. The fourth-order valence-corrected chi connectivity index (χ4v) is 5.03. The van der Waals surface area contributed by atoms with Gasteiger partial charge in [-0.1, -0.05) is 0 Å². The number of nitrogens with zero attached hydrogens (tertiary/aromatic N) is 5. The third kappa shape index (κ3) is 3.79. The van der Waals surface area contributed by atoms with Gasteiger partial charge in [0.2, 0.25) is 16.0 Å². The highest BCUT2D eigenvalue weighted by atomic mass is 32.2. The summed E-state index contributed by atoms with van der Waals surface area (Å²) in [6, 6.07) is 4.16. The summed E-state index contributed by atoms with van der Waals surface area (Å²) < 4.78 is 53.5. The zero-order chi connectivity index (χ0) is 19.7. The Bertz CT molecular complexity index is 938. The molecule has 0 saturated carbocycles. The third-order valence-corrected chi connectivity index (χ3v) is 6.93. The van der Waals surface area contributed by atoms with Gasteiger partial charge in [0.1, 0.15) is 17.5 Å². The van der Waals surface area contributed by atoms with Gasteiger partial charge in [0.15, 0.2) is 0 Å². The Morgan fingerprint density at radius 1 is 0.857 bits per heavy atom. The van der Waals surface area contributed by atoms with Gasteiger partial charge in [0.05, 0.1) is 4.90 Å². The molecule has 7 nitrogen and oxygen atoms in total.